The van der Waals surface area contributed by atoms with Crippen molar-refractivity contribution in [3.63, 3.8) is 0 Å². The van der Waals surface area contributed by atoms with Gasteiger partial charge in [0.1, 0.15) is 12.6 Å². The second-order valence-electron chi connectivity index (χ2n) is 7.15. The van der Waals surface area contributed by atoms with E-state index in [0.29, 0.717) is 30.2 Å². The zero-order chi connectivity index (χ0) is 22.5. The molecule has 4 rings (SSSR count). The quantitative estimate of drug-likeness (QED) is 0.402. The molecule has 164 valence electrons. The van der Waals surface area contributed by atoms with Gasteiger partial charge in [-0.1, -0.05) is 30.3 Å². The highest BCUT2D eigenvalue weighted by Crippen LogP contribution is 2.32. The fourth-order valence-corrected chi connectivity index (χ4v) is 4.24. The number of nitro groups is 1. The molecule has 0 bridgehead atoms. The Morgan fingerprint density at radius 2 is 1.94 bits per heavy atom. The van der Waals surface area contributed by atoms with Crippen LogP contribution in [0.2, 0.25) is 0 Å². The van der Waals surface area contributed by atoms with E-state index in [2.05, 4.69) is 4.98 Å². The number of ether oxygens (including phenoxy) is 1. The number of carbonyl (C=O) groups excluding carboxylic acids is 2. The molecule has 3 aromatic rings. The third-order valence-electron chi connectivity index (χ3n) is 5.13. The fourth-order valence-electron chi connectivity index (χ4n) is 3.57. The predicted molar refractivity (Wildman–Crippen MR) is 119 cm³/mol. The predicted octanol–water partition coefficient (Wildman–Crippen LogP) is 4.52. The lowest BCUT2D eigenvalue weighted by Crippen LogP contribution is -2.46. The maximum absolute atomic E-state index is 13.6. The minimum absolute atomic E-state index is 0.0766. The van der Waals surface area contributed by atoms with Crippen LogP contribution in [-0.2, 0) is 16.1 Å². The van der Waals surface area contributed by atoms with Crippen LogP contribution in [0.25, 0.3) is 0 Å². The number of hydrogen-bond acceptors (Lipinski definition) is 7. The molecule has 1 atom stereocenters. The number of aromatic nitrogens is 1. The summed E-state index contributed by atoms with van der Waals surface area (Å²) in [7, 11) is 0. The maximum Gasteiger partial charge on any atom is 0.410 e. The molecule has 0 spiro atoms. The number of carbonyl (C=O) groups is 2. The molecule has 32 heavy (non-hydrogen) atoms. The van der Waals surface area contributed by atoms with Gasteiger partial charge in [0.2, 0.25) is 0 Å². The summed E-state index contributed by atoms with van der Waals surface area (Å²) in [6.07, 6.45) is 2.19. The van der Waals surface area contributed by atoms with Gasteiger partial charge in [0.15, 0.2) is 5.13 Å². The van der Waals surface area contributed by atoms with E-state index in [-0.39, 0.29) is 18.2 Å². The van der Waals surface area contributed by atoms with Gasteiger partial charge in [0.05, 0.1) is 10.6 Å². The van der Waals surface area contributed by atoms with Crippen LogP contribution in [0.1, 0.15) is 18.4 Å². The lowest BCUT2D eigenvalue weighted by molar-refractivity contribution is -0.384. The second kappa shape index (κ2) is 9.56. The van der Waals surface area contributed by atoms with E-state index < -0.39 is 17.1 Å². The molecular weight excluding hydrogens is 432 g/mol. The van der Waals surface area contributed by atoms with Gasteiger partial charge in [-0.2, -0.15) is 0 Å². The Balaban J connectivity index is 1.54. The van der Waals surface area contributed by atoms with E-state index >= 15 is 0 Å². The number of nitro benzene ring substituents is 1. The molecule has 1 aromatic heterocycles. The van der Waals surface area contributed by atoms with E-state index in [1.807, 2.05) is 30.3 Å². The molecular formula is C22H20N4O5S. The molecule has 1 fully saturated rings. The zero-order valence-corrected chi connectivity index (χ0v) is 17.8. The van der Waals surface area contributed by atoms with Crippen LogP contribution >= 0.6 is 11.3 Å². The van der Waals surface area contributed by atoms with Gasteiger partial charge >= 0.3 is 6.09 Å². The summed E-state index contributed by atoms with van der Waals surface area (Å²) in [5, 5.41) is 13.2. The standard InChI is InChI=1S/C22H20N4O5S/c27-20(19-7-4-13-24(19)22(28)31-15-16-5-2-1-3-6-16)25(21-23-12-14-32-21)17-8-10-18(11-9-17)26(29)30/h1-3,5-6,8-12,14,19H,4,7,13,15H2. The van der Waals surface area contributed by atoms with Crippen molar-refractivity contribution in [1.82, 2.24) is 9.88 Å². The molecule has 0 N–H and O–H groups in total. The smallest absolute Gasteiger partial charge is 0.410 e. The number of amides is 2. The summed E-state index contributed by atoms with van der Waals surface area (Å²) in [6.45, 7) is 0.533. The van der Waals surface area contributed by atoms with E-state index in [0.717, 1.165) is 5.56 Å². The van der Waals surface area contributed by atoms with Crippen LogP contribution < -0.4 is 4.90 Å². The number of rotatable bonds is 6. The van der Waals surface area contributed by atoms with Crippen LogP contribution in [0.5, 0.6) is 0 Å². The van der Waals surface area contributed by atoms with Crippen molar-refractivity contribution >= 4 is 39.8 Å². The lowest BCUT2D eigenvalue weighted by atomic mass is 10.1. The minimum atomic E-state index is -0.711. The zero-order valence-electron chi connectivity index (χ0n) is 17.0. The first-order chi connectivity index (χ1) is 15.5. The summed E-state index contributed by atoms with van der Waals surface area (Å²) in [5.74, 6) is -0.331. The van der Waals surface area contributed by atoms with Gasteiger partial charge in [-0.3, -0.25) is 24.7 Å². The number of thiazole rings is 1. The third kappa shape index (κ3) is 4.59. The van der Waals surface area contributed by atoms with Crippen molar-refractivity contribution in [3.05, 3.63) is 81.9 Å². The van der Waals surface area contributed by atoms with Crippen LogP contribution in [0.3, 0.4) is 0 Å². The van der Waals surface area contributed by atoms with Gasteiger partial charge in [0.25, 0.3) is 11.6 Å². The summed E-state index contributed by atoms with van der Waals surface area (Å²) in [5.41, 5.74) is 1.23. The van der Waals surface area contributed by atoms with Crippen LogP contribution in [0, 0.1) is 10.1 Å². The van der Waals surface area contributed by atoms with Gasteiger partial charge in [-0.15, -0.1) is 11.3 Å². The van der Waals surface area contributed by atoms with Crippen LogP contribution in [0.4, 0.5) is 21.3 Å². The molecule has 2 aromatic carbocycles. The number of hydrogen-bond donors (Lipinski definition) is 0. The summed E-state index contributed by atoms with van der Waals surface area (Å²) < 4.78 is 5.44. The average Bonchev–Trinajstić information content (AvgIpc) is 3.51. The number of nitrogens with zero attached hydrogens (tertiary/aromatic N) is 4. The number of benzene rings is 2. The van der Waals surface area contributed by atoms with Crippen LogP contribution in [0.15, 0.2) is 66.2 Å². The first-order valence-corrected chi connectivity index (χ1v) is 10.9. The minimum Gasteiger partial charge on any atom is -0.445 e. The topological polar surface area (TPSA) is 106 Å². The van der Waals surface area contributed by atoms with Gasteiger partial charge in [-0.05, 0) is 30.5 Å². The van der Waals surface area contributed by atoms with Crippen molar-refractivity contribution in [2.24, 2.45) is 0 Å². The normalized spacial score (nSPS) is 15.4. The van der Waals surface area contributed by atoms with Crippen molar-refractivity contribution in [3.8, 4) is 0 Å². The van der Waals surface area contributed by atoms with Gasteiger partial charge < -0.3 is 4.74 Å². The van der Waals surface area contributed by atoms with Crippen molar-refractivity contribution in [1.29, 1.82) is 0 Å². The molecule has 1 saturated heterocycles. The van der Waals surface area contributed by atoms with Gasteiger partial charge in [0, 0.05) is 30.3 Å². The van der Waals surface area contributed by atoms with Crippen molar-refractivity contribution in [2.45, 2.75) is 25.5 Å². The monoisotopic (exact) mass is 452 g/mol. The Kier molecular flexibility index (Phi) is 6.41. The number of non-ortho nitro benzene ring substituents is 1. The molecule has 2 heterocycles. The van der Waals surface area contributed by atoms with E-state index in [9.17, 15) is 19.7 Å². The fraction of sp³-hybridized carbons (Fsp3) is 0.227. The van der Waals surface area contributed by atoms with Gasteiger partial charge in [-0.25, -0.2) is 9.78 Å². The first-order valence-electron chi connectivity index (χ1n) is 10.00. The first kappa shape index (κ1) is 21.4. The molecule has 1 unspecified atom stereocenters. The third-order valence-corrected chi connectivity index (χ3v) is 5.88. The SMILES string of the molecule is O=C(C1CCCN1C(=O)OCc1ccccc1)N(c1ccc([N+](=O)[O-])cc1)c1nccs1. The number of anilines is 2. The van der Waals surface area contributed by atoms with Crippen molar-refractivity contribution < 1.29 is 19.2 Å². The van der Waals surface area contributed by atoms with E-state index in [1.165, 1.54) is 45.4 Å². The maximum atomic E-state index is 13.6. The highest BCUT2D eigenvalue weighted by atomic mass is 32.1. The highest BCUT2D eigenvalue weighted by molar-refractivity contribution is 7.13. The molecule has 1 aliphatic rings. The summed E-state index contributed by atoms with van der Waals surface area (Å²) in [4.78, 5) is 43.9. The Morgan fingerprint density at radius 1 is 1.19 bits per heavy atom. The van der Waals surface area contributed by atoms with E-state index in [1.54, 1.807) is 11.6 Å². The lowest BCUT2D eigenvalue weighted by Gasteiger charge is -2.28. The Bertz CT molecular complexity index is 1090. The molecule has 1 aliphatic heterocycles. The Hall–Kier alpha value is -3.79. The molecule has 0 aliphatic carbocycles. The Morgan fingerprint density at radius 3 is 2.59 bits per heavy atom. The summed E-state index contributed by atoms with van der Waals surface area (Å²) in [6, 6.07) is 14.3. The Labute approximate surface area is 188 Å². The molecule has 0 saturated carbocycles. The number of likely N-dealkylation sites (tertiary alicyclic amines) is 1. The second-order valence-corrected chi connectivity index (χ2v) is 8.03. The largest absolute Gasteiger partial charge is 0.445 e. The van der Waals surface area contributed by atoms with E-state index in [4.69, 9.17) is 4.74 Å². The molecule has 10 heteroatoms. The van der Waals surface area contributed by atoms with Crippen LogP contribution in [-0.4, -0.2) is 39.4 Å². The molecule has 9 nitrogen and oxygen atoms in total. The average molecular weight is 452 g/mol. The summed E-state index contributed by atoms with van der Waals surface area (Å²) >= 11 is 1.27. The highest BCUT2D eigenvalue weighted by Gasteiger charge is 2.39. The molecule has 2 amide bonds. The molecule has 0 radical (unpaired) electrons. The van der Waals surface area contributed by atoms with Crippen molar-refractivity contribution in [2.75, 3.05) is 11.4 Å².